The Bertz CT molecular complexity index is 657. The van der Waals surface area contributed by atoms with Gasteiger partial charge in [0.05, 0.1) is 6.61 Å². The van der Waals surface area contributed by atoms with Crippen molar-refractivity contribution in [2.45, 2.75) is 58.3 Å². The van der Waals surface area contributed by atoms with Crippen molar-refractivity contribution in [3.63, 3.8) is 0 Å². The minimum Gasteiger partial charge on any atom is -0.347 e. The number of anilines is 1. The first-order valence-corrected chi connectivity index (χ1v) is 8.87. The van der Waals surface area contributed by atoms with Crippen LogP contribution in [-0.4, -0.2) is 36.9 Å². The van der Waals surface area contributed by atoms with Crippen LogP contribution in [0.25, 0.3) is 0 Å². The third-order valence-electron chi connectivity index (χ3n) is 4.89. The Morgan fingerprint density at radius 1 is 1.12 bits per heavy atom. The van der Waals surface area contributed by atoms with Gasteiger partial charge >= 0.3 is 11.8 Å². The number of aryl methyl sites for hydroxylation is 3. The molecule has 1 aliphatic heterocycles. The third-order valence-corrected chi connectivity index (χ3v) is 4.89. The van der Waals surface area contributed by atoms with Crippen molar-refractivity contribution in [3.8, 4) is 0 Å². The maximum Gasteiger partial charge on any atom is 0.313 e. The van der Waals surface area contributed by atoms with Crippen molar-refractivity contribution < 1.29 is 19.1 Å². The summed E-state index contributed by atoms with van der Waals surface area (Å²) in [6, 6.07) is 3.95. The van der Waals surface area contributed by atoms with Gasteiger partial charge in [-0.05, 0) is 44.7 Å². The number of amides is 2. The molecule has 2 aliphatic rings. The summed E-state index contributed by atoms with van der Waals surface area (Å²) in [4.78, 5) is 24.2. The predicted molar refractivity (Wildman–Crippen MR) is 94.3 cm³/mol. The van der Waals surface area contributed by atoms with E-state index in [0.717, 1.165) is 42.4 Å². The zero-order valence-corrected chi connectivity index (χ0v) is 15.1. The summed E-state index contributed by atoms with van der Waals surface area (Å²) in [5.74, 6) is -1.77. The molecule has 1 saturated heterocycles. The van der Waals surface area contributed by atoms with Gasteiger partial charge < -0.3 is 20.1 Å². The third kappa shape index (κ3) is 4.02. The van der Waals surface area contributed by atoms with Gasteiger partial charge in [-0.3, -0.25) is 9.59 Å². The second kappa shape index (κ2) is 7.14. The van der Waals surface area contributed by atoms with Gasteiger partial charge in [0.2, 0.25) is 0 Å². The van der Waals surface area contributed by atoms with Crippen LogP contribution in [0.15, 0.2) is 12.1 Å². The van der Waals surface area contributed by atoms with Crippen molar-refractivity contribution >= 4 is 17.5 Å². The van der Waals surface area contributed by atoms with E-state index in [9.17, 15) is 9.59 Å². The molecular weight excluding hydrogens is 320 g/mol. The Balaban J connectivity index is 1.51. The number of hydrogen-bond acceptors (Lipinski definition) is 4. The Morgan fingerprint density at radius 2 is 1.76 bits per heavy atom. The van der Waals surface area contributed by atoms with Crippen molar-refractivity contribution in [1.82, 2.24) is 5.32 Å². The largest absolute Gasteiger partial charge is 0.347 e. The second-order valence-electron chi connectivity index (χ2n) is 7.11. The molecule has 1 aromatic carbocycles. The molecule has 1 spiro atoms. The Morgan fingerprint density at radius 3 is 2.40 bits per heavy atom. The van der Waals surface area contributed by atoms with Crippen LogP contribution >= 0.6 is 0 Å². The van der Waals surface area contributed by atoms with Gasteiger partial charge in [-0.25, -0.2) is 0 Å². The van der Waals surface area contributed by atoms with E-state index in [2.05, 4.69) is 10.6 Å². The molecule has 25 heavy (non-hydrogen) atoms. The van der Waals surface area contributed by atoms with E-state index < -0.39 is 17.6 Å². The molecule has 1 heterocycles. The first-order valence-electron chi connectivity index (χ1n) is 8.87. The lowest BCUT2D eigenvalue weighted by atomic mass is 10.1. The van der Waals surface area contributed by atoms with Crippen molar-refractivity contribution in [1.29, 1.82) is 0 Å². The highest BCUT2D eigenvalue weighted by molar-refractivity contribution is 6.39. The molecule has 0 radical (unpaired) electrons. The number of benzene rings is 1. The average molecular weight is 346 g/mol. The van der Waals surface area contributed by atoms with Crippen LogP contribution in [0.1, 0.15) is 42.4 Å². The molecule has 2 N–H and O–H groups in total. The monoisotopic (exact) mass is 346 g/mol. The molecule has 136 valence electrons. The molecule has 2 amide bonds. The summed E-state index contributed by atoms with van der Waals surface area (Å²) in [5.41, 5.74) is 3.69. The zero-order valence-electron chi connectivity index (χ0n) is 15.1. The number of ether oxygens (including phenoxy) is 2. The van der Waals surface area contributed by atoms with Crippen LogP contribution in [0.3, 0.4) is 0 Å². The second-order valence-corrected chi connectivity index (χ2v) is 7.11. The zero-order chi connectivity index (χ0) is 18.0. The van der Waals surface area contributed by atoms with Crippen LogP contribution in [0.5, 0.6) is 0 Å². The maximum atomic E-state index is 12.2. The fourth-order valence-electron chi connectivity index (χ4n) is 3.73. The molecular formula is C19H26N2O4. The summed E-state index contributed by atoms with van der Waals surface area (Å²) in [6.07, 6.45) is 3.83. The van der Waals surface area contributed by atoms with E-state index in [1.807, 2.05) is 32.9 Å². The topological polar surface area (TPSA) is 76.7 Å². The Kier molecular flexibility index (Phi) is 5.11. The quantitative estimate of drug-likeness (QED) is 0.824. The Hall–Kier alpha value is -1.92. The maximum absolute atomic E-state index is 12.2. The molecule has 1 atom stereocenters. The summed E-state index contributed by atoms with van der Waals surface area (Å²) in [7, 11) is 0. The number of rotatable bonds is 3. The van der Waals surface area contributed by atoms with E-state index in [-0.39, 0.29) is 12.6 Å². The highest BCUT2D eigenvalue weighted by atomic mass is 16.7. The highest BCUT2D eigenvalue weighted by Gasteiger charge is 2.43. The lowest BCUT2D eigenvalue weighted by Crippen LogP contribution is -2.41. The molecule has 1 aliphatic carbocycles. The lowest BCUT2D eigenvalue weighted by molar-refractivity contribution is -0.161. The molecule has 0 unspecified atom stereocenters. The van der Waals surface area contributed by atoms with E-state index in [1.165, 1.54) is 0 Å². The Labute approximate surface area is 148 Å². The van der Waals surface area contributed by atoms with Gasteiger partial charge in [-0.2, -0.15) is 0 Å². The van der Waals surface area contributed by atoms with Gasteiger partial charge in [-0.1, -0.05) is 17.7 Å². The SMILES string of the molecule is Cc1cc(C)c(NC(=O)C(=O)NC[C@@H]2COC3(CCCC3)O2)c(C)c1. The summed E-state index contributed by atoms with van der Waals surface area (Å²) >= 11 is 0. The van der Waals surface area contributed by atoms with Gasteiger partial charge in [0.15, 0.2) is 5.79 Å². The van der Waals surface area contributed by atoms with Crippen molar-refractivity contribution in [2.24, 2.45) is 0 Å². The summed E-state index contributed by atoms with van der Waals surface area (Å²) < 4.78 is 11.7. The fraction of sp³-hybridized carbons (Fsp3) is 0.579. The first-order chi connectivity index (χ1) is 11.9. The molecule has 0 bridgehead atoms. The number of nitrogens with one attached hydrogen (secondary N) is 2. The number of hydrogen-bond donors (Lipinski definition) is 2. The minimum absolute atomic E-state index is 0.197. The van der Waals surface area contributed by atoms with E-state index in [4.69, 9.17) is 9.47 Å². The highest BCUT2D eigenvalue weighted by Crippen LogP contribution is 2.38. The van der Waals surface area contributed by atoms with E-state index in [1.54, 1.807) is 0 Å². The fourth-order valence-corrected chi connectivity index (χ4v) is 3.73. The van der Waals surface area contributed by atoms with Crippen LogP contribution in [0.4, 0.5) is 5.69 Å². The van der Waals surface area contributed by atoms with Crippen LogP contribution < -0.4 is 10.6 Å². The first kappa shape index (κ1) is 17.9. The number of carbonyl (C=O) groups excluding carboxylic acids is 2. The number of carbonyl (C=O) groups is 2. The molecule has 1 saturated carbocycles. The van der Waals surface area contributed by atoms with Gasteiger partial charge in [0.25, 0.3) is 0 Å². The molecule has 6 heteroatoms. The minimum atomic E-state index is -0.662. The summed E-state index contributed by atoms with van der Waals surface area (Å²) in [6.45, 7) is 6.56. The molecule has 1 aromatic rings. The molecule has 2 fully saturated rings. The van der Waals surface area contributed by atoms with Crippen LogP contribution in [-0.2, 0) is 19.1 Å². The van der Waals surface area contributed by atoms with Gasteiger partial charge in [0, 0.05) is 25.1 Å². The van der Waals surface area contributed by atoms with Crippen LogP contribution in [0, 0.1) is 20.8 Å². The van der Waals surface area contributed by atoms with Gasteiger partial charge in [-0.15, -0.1) is 0 Å². The van der Waals surface area contributed by atoms with Crippen molar-refractivity contribution in [3.05, 3.63) is 28.8 Å². The summed E-state index contributed by atoms with van der Waals surface area (Å²) in [5, 5.41) is 5.35. The lowest BCUT2D eigenvalue weighted by Gasteiger charge is -2.21. The molecule has 0 aromatic heterocycles. The van der Waals surface area contributed by atoms with E-state index >= 15 is 0 Å². The standard InChI is InChI=1S/C19H26N2O4/c1-12-8-13(2)16(14(3)9-12)21-18(23)17(22)20-10-15-11-24-19(25-15)6-4-5-7-19/h8-9,15H,4-7,10-11H2,1-3H3,(H,20,22)(H,21,23)/t15-/m1/s1. The molecule has 6 nitrogen and oxygen atoms in total. The molecule has 3 rings (SSSR count). The normalized spacial score (nSPS) is 21.5. The van der Waals surface area contributed by atoms with Crippen LogP contribution in [0.2, 0.25) is 0 Å². The smallest absolute Gasteiger partial charge is 0.313 e. The van der Waals surface area contributed by atoms with Gasteiger partial charge in [0.1, 0.15) is 6.10 Å². The average Bonchev–Trinajstić information content (AvgIpc) is 3.18. The van der Waals surface area contributed by atoms with Crippen molar-refractivity contribution in [2.75, 3.05) is 18.5 Å². The predicted octanol–water partition coefficient (Wildman–Crippen LogP) is 2.35. The van der Waals surface area contributed by atoms with E-state index in [0.29, 0.717) is 12.3 Å².